The van der Waals surface area contributed by atoms with Crippen molar-refractivity contribution in [1.29, 1.82) is 0 Å². The molecular weight excluding hydrogens is 306 g/mol. The molecule has 128 valence electrons. The summed E-state index contributed by atoms with van der Waals surface area (Å²) in [6.07, 6.45) is 5.67. The molecule has 0 aliphatic heterocycles. The topological polar surface area (TPSA) is 3.24 Å². The summed E-state index contributed by atoms with van der Waals surface area (Å²) >= 11 is 0. The Hall–Kier alpha value is -1.54. The minimum Gasteiger partial charge on any atom is -0.345 e. The summed E-state index contributed by atoms with van der Waals surface area (Å²) in [5.41, 5.74) is 3.58. The first-order valence-electron chi connectivity index (χ1n) is 9.74. The van der Waals surface area contributed by atoms with E-state index in [1.54, 1.807) is 0 Å². The lowest BCUT2D eigenvalue weighted by Crippen LogP contribution is -2.37. The van der Waals surface area contributed by atoms with Gasteiger partial charge in [0.15, 0.2) is 0 Å². The van der Waals surface area contributed by atoms with E-state index in [1.165, 1.54) is 41.4 Å². The summed E-state index contributed by atoms with van der Waals surface area (Å²) in [6.45, 7) is 7.14. The molecule has 1 nitrogen and oxygen atoms in total. The van der Waals surface area contributed by atoms with Crippen LogP contribution in [0.15, 0.2) is 48.5 Å². The molecule has 1 saturated carbocycles. The summed E-state index contributed by atoms with van der Waals surface area (Å²) in [7, 11) is 0.876. The summed E-state index contributed by atoms with van der Waals surface area (Å²) in [5, 5.41) is 1.49. The van der Waals surface area contributed by atoms with Gasteiger partial charge in [0.05, 0.1) is 8.07 Å². The second kappa shape index (κ2) is 7.14. The Kier molecular flexibility index (Phi) is 4.75. The summed E-state index contributed by atoms with van der Waals surface area (Å²) in [4.78, 5) is 2.23. The highest BCUT2D eigenvalue weighted by Crippen LogP contribution is 2.34. The van der Waals surface area contributed by atoms with Crippen molar-refractivity contribution in [1.82, 2.24) is 0 Å². The van der Waals surface area contributed by atoms with E-state index in [0.717, 1.165) is 12.8 Å². The van der Waals surface area contributed by atoms with Gasteiger partial charge in [-0.15, -0.1) is 0 Å². The molecule has 0 bridgehead atoms. The van der Waals surface area contributed by atoms with Gasteiger partial charge in [0.2, 0.25) is 0 Å². The number of hydrogen-bond donors (Lipinski definition) is 0. The molecule has 24 heavy (non-hydrogen) atoms. The Morgan fingerprint density at radius 3 is 1.83 bits per heavy atom. The van der Waals surface area contributed by atoms with Crippen LogP contribution < -0.4 is 10.1 Å². The number of rotatable bonds is 4. The van der Waals surface area contributed by atoms with Gasteiger partial charge in [0, 0.05) is 19.8 Å². The van der Waals surface area contributed by atoms with Crippen molar-refractivity contribution < 1.29 is 1.37 Å². The van der Waals surface area contributed by atoms with E-state index in [1.807, 2.05) is 0 Å². The molecule has 0 saturated heterocycles. The first-order valence-corrected chi connectivity index (χ1v) is 12.7. The largest absolute Gasteiger partial charge is 0.345 e. The van der Waals surface area contributed by atoms with Crippen LogP contribution in [0.2, 0.25) is 19.6 Å². The second-order valence-electron chi connectivity index (χ2n) is 8.07. The average molecular weight is 339 g/mol. The second-order valence-corrected chi connectivity index (χ2v) is 13.1. The fourth-order valence-corrected chi connectivity index (χ4v) is 4.69. The average Bonchev–Trinajstić information content (AvgIpc) is 2.61. The van der Waals surface area contributed by atoms with Crippen LogP contribution in [0.25, 0.3) is 0 Å². The highest BCUT2D eigenvalue weighted by atomic mass is 28.3. The van der Waals surface area contributed by atoms with Crippen molar-refractivity contribution in [2.45, 2.75) is 57.6 Å². The van der Waals surface area contributed by atoms with Crippen LogP contribution in [0.4, 0.5) is 11.4 Å². The molecular formula is C22H31NSi. The van der Waals surface area contributed by atoms with Crippen LogP contribution in [0.3, 0.4) is 0 Å². The molecule has 2 aromatic carbocycles. The van der Waals surface area contributed by atoms with Crippen LogP contribution >= 0.6 is 0 Å². The van der Waals surface area contributed by atoms with E-state index in [-0.39, 0.29) is 5.89 Å². The first kappa shape index (κ1) is 16.0. The molecule has 0 spiro atoms. The van der Waals surface area contributed by atoms with Gasteiger partial charge in [0.1, 0.15) is 0 Å². The van der Waals surface area contributed by atoms with Gasteiger partial charge in [-0.3, -0.25) is 0 Å². The molecule has 3 rings (SSSR count). The molecule has 2 heteroatoms. The molecule has 0 N–H and O–H groups in total. The Bertz CT molecular complexity index is 694. The SMILES string of the molecule is [2H]C1(c2ccc(N(C)c3ccc([Si](C)(C)C)cc3)cc2)CCCCC1. The number of benzene rings is 2. The van der Waals surface area contributed by atoms with Crippen molar-refractivity contribution >= 4 is 24.6 Å². The van der Waals surface area contributed by atoms with Gasteiger partial charge in [-0.25, -0.2) is 0 Å². The van der Waals surface area contributed by atoms with E-state index < -0.39 is 8.07 Å². The highest BCUT2D eigenvalue weighted by Gasteiger charge is 2.17. The summed E-state index contributed by atoms with van der Waals surface area (Å²) in [5.74, 6) is -0.367. The lowest BCUT2D eigenvalue weighted by molar-refractivity contribution is 0.443. The van der Waals surface area contributed by atoms with Gasteiger partial charge >= 0.3 is 0 Å². The third-order valence-corrected chi connectivity index (χ3v) is 7.31. The van der Waals surface area contributed by atoms with Crippen molar-refractivity contribution in [3.8, 4) is 0 Å². The number of anilines is 2. The van der Waals surface area contributed by atoms with Crippen molar-refractivity contribution in [3.05, 3.63) is 54.1 Å². The number of hydrogen-bond acceptors (Lipinski definition) is 1. The minimum absolute atomic E-state index is 0.367. The zero-order valence-electron chi connectivity index (χ0n) is 16.6. The van der Waals surface area contributed by atoms with Gasteiger partial charge < -0.3 is 4.90 Å². The normalized spacial score (nSPS) is 18.1. The molecule has 0 radical (unpaired) electrons. The van der Waals surface area contributed by atoms with E-state index in [2.05, 4.69) is 80.1 Å². The Morgan fingerprint density at radius 2 is 1.33 bits per heavy atom. The quantitative estimate of drug-likeness (QED) is 0.614. The van der Waals surface area contributed by atoms with Gasteiger partial charge in [-0.05, 0) is 48.6 Å². The maximum absolute atomic E-state index is 8.78. The molecule has 1 aliphatic rings. The molecule has 1 aliphatic carbocycles. The summed E-state index contributed by atoms with van der Waals surface area (Å²) < 4.78 is 8.78. The standard InChI is InChI=1S/C22H31NSi/c1-23(21-14-16-22(17-15-21)24(2,3)4)20-12-10-19(11-13-20)18-8-6-5-7-9-18/h10-18H,5-9H2,1-4H3/i18D. The van der Waals surface area contributed by atoms with E-state index in [9.17, 15) is 0 Å². The molecule has 0 unspecified atom stereocenters. The third-order valence-electron chi connectivity index (χ3n) is 5.24. The number of nitrogens with zero attached hydrogens (tertiary/aromatic N) is 1. The Labute approximate surface area is 150 Å². The monoisotopic (exact) mass is 338 g/mol. The van der Waals surface area contributed by atoms with Crippen LogP contribution in [0.1, 0.15) is 44.9 Å². The Balaban J connectivity index is 1.77. The molecule has 1 fully saturated rings. The van der Waals surface area contributed by atoms with Crippen LogP contribution in [-0.2, 0) is 0 Å². The van der Waals surface area contributed by atoms with Crippen molar-refractivity contribution in [2.75, 3.05) is 11.9 Å². The molecule has 2 aromatic rings. The van der Waals surface area contributed by atoms with Crippen LogP contribution in [0, 0.1) is 0 Å². The van der Waals surface area contributed by atoms with Gasteiger partial charge in [-0.1, -0.05) is 68.4 Å². The third kappa shape index (κ3) is 3.92. The maximum atomic E-state index is 8.78. The van der Waals surface area contributed by atoms with Gasteiger partial charge in [0.25, 0.3) is 0 Å². The van der Waals surface area contributed by atoms with E-state index in [4.69, 9.17) is 1.37 Å². The fourth-order valence-electron chi connectivity index (χ4n) is 3.52. The lowest BCUT2D eigenvalue weighted by Gasteiger charge is -2.24. The maximum Gasteiger partial charge on any atom is 0.0775 e. The molecule has 0 atom stereocenters. The van der Waals surface area contributed by atoms with E-state index >= 15 is 0 Å². The van der Waals surface area contributed by atoms with Gasteiger partial charge in [-0.2, -0.15) is 0 Å². The highest BCUT2D eigenvalue weighted by molar-refractivity contribution is 6.88. The predicted molar refractivity (Wildman–Crippen MR) is 110 cm³/mol. The van der Waals surface area contributed by atoms with Crippen LogP contribution in [0.5, 0.6) is 0 Å². The smallest absolute Gasteiger partial charge is 0.0775 e. The first-order chi connectivity index (χ1) is 11.8. The lowest BCUT2D eigenvalue weighted by atomic mass is 9.84. The van der Waals surface area contributed by atoms with Crippen LogP contribution in [-0.4, -0.2) is 15.1 Å². The Morgan fingerprint density at radius 1 is 0.833 bits per heavy atom. The zero-order valence-corrected chi connectivity index (χ0v) is 16.6. The zero-order chi connectivity index (χ0) is 18.1. The molecule has 0 aromatic heterocycles. The minimum atomic E-state index is -1.24. The molecule has 0 heterocycles. The fraction of sp³-hybridized carbons (Fsp3) is 0.455. The molecule has 0 amide bonds. The van der Waals surface area contributed by atoms with Crippen molar-refractivity contribution in [3.63, 3.8) is 0 Å². The summed E-state index contributed by atoms with van der Waals surface area (Å²) in [6, 6.07) is 17.7. The predicted octanol–water partition coefficient (Wildman–Crippen LogP) is 6.05. The van der Waals surface area contributed by atoms with E-state index in [0.29, 0.717) is 0 Å². The van der Waals surface area contributed by atoms with Crippen molar-refractivity contribution in [2.24, 2.45) is 0 Å².